The summed E-state index contributed by atoms with van der Waals surface area (Å²) in [5, 5.41) is 0. The van der Waals surface area contributed by atoms with Gasteiger partial charge in [-0.25, -0.2) is 9.78 Å². The fraction of sp³-hybridized carbons (Fsp3) is 0.652. The Morgan fingerprint density at radius 2 is 1.70 bits per heavy atom. The van der Waals surface area contributed by atoms with Gasteiger partial charge in [-0.05, 0) is 38.3 Å². The Morgan fingerprint density at radius 3 is 2.33 bits per heavy atom. The normalized spacial score (nSPS) is 17.7. The number of carbonyl (C=O) groups excluding carboxylic acids is 3. The molecule has 2 amide bonds. The van der Waals surface area contributed by atoms with Crippen LogP contribution in [0.2, 0.25) is 0 Å². The molecule has 7 heteroatoms. The minimum absolute atomic E-state index is 0.164. The number of carbonyl (C=O) groups is 3. The third-order valence-electron chi connectivity index (χ3n) is 6.21. The molecule has 0 unspecified atom stereocenters. The molecule has 2 fully saturated rings. The standard InChI is InChI=1S/C23H33N3O4/c1-3-30-23(29)19-10-11-20(24-17(19)2)22(28)26-15-13-25(14-16-26)21(27)12-9-18-7-5-4-6-8-18/h10-11,18H,3-9,12-16H2,1-2H3. The molecule has 0 aromatic carbocycles. The van der Waals surface area contributed by atoms with Gasteiger partial charge >= 0.3 is 5.97 Å². The first-order valence-corrected chi connectivity index (χ1v) is 11.2. The van der Waals surface area contributed by atoms with E-state index in [1.165, 1.54) is 32.1 Å². The molecule has 1 saturated heterocycles. The molecule has 1 aromatic heterocycles. The number of piperazine rings is 1. The number of pyridine rings is 1. The number of aromatic nitrogens is 1. The first kappa shape index (κ1) is 22.2. The van der Waals surface area contributed by atoms with Crippen molar-refractivity contribution in [3.63, 3.8) is 0 Å². The zero-order chi connectivity index (χ0) is 21.5. The third-order valence-corrected chi connectivity index (χ3v) is 6.21. The largest absolute Gasteiger partial charge is 0.462 e. The quantitative estimate of drug-likeness (QED) is 0.667. The lowest BCUT2D eigenvalue weighted by molar-refractivity contribution is -0.133. The molecule has 1 aliphatic carbocycles. The van der Waals surface area contributed by atoms with Crippen molar-refractivity contribution in [2.75, 3.05) is 32.8 Å². The highest BCUT2D eigenvalue weighted by molar-refractivity contribution is 5.95. The monoisotopic (exact) mass is 415 g/mol. The molecule has 0 atom stereocenters. The summed E-state index contributed by atoms with van der Waals surface area (Å²) in [5.41, 5.74) is 1.18. The zero-order valence-corrected chi connectivity index (χ0v) is 18.2. The minimum Gasteiger partial charge on any atom is -0.462 e. The van der Waals surface area contributed by atoms with Crippen LogP contribution < -0.4 is 0 Å². The fourth-order valence-corrected chi connectivity index (χ4v) is 4.39. The highest BCUT2D eigenvalue weighted by Crippen LogP contribution is 2.27. The Morgan fingerprint density at radius 1 is 1.03 bits per heavy atom. The van der Waals surface area contributed by atoms with E-state index in [2.05, 4.69) is 4.98 Å². The number of hydrogen-bond donors (Lipinski definition) is 0. The minimum atomic E-state index is -0.429. The number of esters is 1. The number of hydrogen-bond acceptors (Lipinski definition) is 5. The Hall–Kier alpha value is -2.44. The fourth-order valence-electron chi connectivity index (χ4n) is 4.39. The average Bonchev–Trinajstić information content (AvgIpc) is 2.77. The maximum Gasteiger partial charge on any atom is 0.339 e. The topological polar surface area (TPSA) is 79.8 Å². The second kappa shape index (κ2) is 10.5. The number of ether oxygens (including phenoxy) is 1. The number of nitrogens with zero attached hydrogens (tertiary/aromatic N) is 3. The summed E-state index contributed by atoms with van der Waals surface area (Å²) in [6.07, 6.45) is 8.07. The van der Waals surface area contributed by atoms with E-state index >= 15 is 0 Å². The smallest absolute Gasteiger partial charge is 0.339 e. The van der Waals surface area contributed by atoms with Crippen molar-refractivity contribution >= 4 is 17.8 Å². The molecule has 0 bridgehead atoms. The highest BCUT2D eigenvalue weighted by atomic mass is 16.5. The lowest BCUT2D eigenvalue weighted by atomic mass is 9.86. The van der Waals surface area contributed by atoms with Crippen LogP contribution >= 0.6 is 0 Å². The maximum absolute atomic E-state index is 12.8. The van der Waals surface area contributed by atoms with Crippen molar-refractivity contribution in [2.45, 2.75) is 58.8 Å². The van der Waals surface area contributed by atoms with Gasteiger partial charge in [-0.15, -0.1) is 0 Å². The van der Waals surface area contributed by atoms with Gasteiger partial charge in [0.05, 0.1) is 17.9 Å². The van der Waals surface area contributed by atoms with Crippen LogP contribution in [0.25, 0.3) is 0 Å². The lowest BCUT2D eigenvalue weighted by Crippen LogP contribution is -2.50. The van der Waals surface area contributed by atoms with E-state index in [4.69, 9.17) is 4.74 Å². The molecule has 7 nitrogen and oxygen atoms in total. The van der Waals surface area contributed by atoms with Gasteiger partial charge in [0.2, 0.25) is 5.91 Å². The van der Waals surface area contributed by atoms with Gasteiger partial charge < -0.3 is 14.5 Å². The molecule has 0 N–H and O–H groups in total. The van der Waals surface area contributed by atoms with Crippen molar-refractivity contribution in [2.24, 2.45) is 5.92 Å². The molecular formula is C23H33N3O4. The number of amides is 2. The van der Waals surface area contributed by atoms with E-state index in [1.54, 1.807) is 30.9 Å². The molecule has 2 aliphatic rings. The van der Waals surface area contributed by atoms with Gasteiger partial charge in [0.25, 0.3) is 5.91 Å². The van der Waals surface area contributed by atoms with Crippen molar-refractivity contribution in [1.29, 1.82) is 0 Å². The van der Waals surface area contributed by atoms with Crippen molar-refractivity contribution in [3.05, 3.63) is 29.1 Å². The molecule has 1 aliphatic heterocycles. The van der Waals surface area contributed by atoms with Gasteiger partial charge in [-0.2, -0.15) is 0 Å². The molecule has 1 aromatic rings. The molecule has 0 radical (unpaired) electrons. The summed E-state index contributed by atoms with van der Waals surface area (Å²) in [6, 6.07) is 3.17. The van der Waals surface area contributed by atoms with Crippen LogP contribution in [0.5, 0.6) is 0 Å². The average molecular weight is 416 g/mol. The molecule has 0 spiro atoms. The van der Waals surface area contributed by atoms with Crippen molar-refractivity contribution < 1.29 is 19.1 Å². The molecule has 164 valence electrons. The van der Waals surface area contributed by atoms with Gasteiger partial charge in [-0.3, -0.25) is 9.59 Å². The summed E-state index contributed by atoms with van der Waals surface area (Å²) in [5.74, 6) is 0.322. The lowest BCUT2D eigenvalue weighted by Gasteiger charge is -2.35. The third kappa shape index (κ3) is 5.58. The highest BCUT2D eigenvalue weighted by Gasteiger charge is 2.26. The van der Waals surface area contributed by atoms with Crippen LogP contribution in [0, 0.1) is 12.8 Å². The number of aryl methyl sites for hydroxylation is 1. The van der Waals surface area contributed by atoms with Gasteiger partial charge in [0.1, 0.15) is 5.69 Å². The second-order valence-corrected chi connectivity index (χ2v) is 8.27. The van der Waals surface area contributed by atoms with E-state index in [-0.39, 0.29) is 11.8 Å². The summed E-state index contributed by atoms with van der Waals surface area (Å²) < 4.78 is 5.01. The Labute approximate surface area is 178 Å². The van der Waals surface area contributed by atoms with E-state index in [0.29, 0.717) is 62.1 Å². The Balaban J connectivity index is 1.49. The number of rotatable bonds is 6. The van der Waals surface area contributed by atoms with Crippen LogP contribution in [-0.2, 0) is 9.53 Å². The van der Waals surface area contributed by atoms with Crippen molar-refractivity contribution in [1.82, 2.24) is 14.8 Å². The predicted molar refractivity (Wildman–Crippen MR) is 113 cm³/mol. The van der Waals surface area contributed by atoms with Crippen LogP contribution in [0.15, 0.2) is 12.1 Å². The van der Waals surface area contributed by atoms with E-state index < -0.39 is 5.97 Å². The Bertz CT molecular complexity index is 766. The molecular weight excluding hydrogens is 382 g/mol. The summed E-state index contributed by atoms with van der Waals surface area (Å²) >= 11 is 0. The van der Waals surface area contributed by atoms with Crippen LogP contribution in [0.3, 0.4) is 0 Å². The van der Waals surface area contributed by atoms with Gasteiger partial charge in [0.15, 0.2) is 0 Å². The van der Waals surface area contributed by atoms with Crippen LogP contribution in [0.1, 0.15) is 78.4 Å². The molecule has 2 heterocycles. The maximum atomic E-state index is 12.8. The van der Waals surface area contributed by atoms with E-state index in [0.717, 1.165) is 6.42 Å². The van der Waals surface area contributed by atoms with E-state index in [9.17, 15) is 14.4 Å². The first-order chi connectivity index (χ1) is 14.5. The predicted octanol–water partition coefficient (Wildman–Crippen LogP) is 3.21. The summed E-state index contributed by atoms with van der Waals surface area (Å²) in [7, 11) is 0. The summed E-state index contributed by atoms with van der Waals surface area (Å²) in [6.45, 7) is 5.89. The van der Waals surface area contributed by atoms with E-state index in [1.807, 2.05) is 4.90 Å². The SMILES string of the molecule is CCOC(=O)c1ccc(C(=O)N2CCN(C(=O)CCC3CCCCC3)CC2)nc1C. The molecule has 30 heavy (non-hydrogen) atoms. The molecule has 3 rings (SSSR count). The second-order valence-electron chi connectivity index (χ2n) is 8.27. The summed E-state index contributed by atoms with van der Waals surface area (Å²) in [4.78, 5) is 45.2. The zero-order valence-electron chi connectivity index (χ0n) is 18.2. The first-order valence-electron chi connectivity index (χ1n) is 11.2. The van der Waals surface area contributed by atoms with Gasteiger partial charge in [-0.1, -0.05) is 32.1 Å². The molecule has 1 saturated carbocycles. The van der Waals surface area contributed by atoms with Crippen LogP contribution in [0.4, 0.5) is 0 Å². The van der Waals surface area contributed by atoms with Gasteiger partial charge in [0, 0.05) is 32.6 Å². The Kier molecular flexibility index (Phi) is 7.82. The van der Waals surface area contributed by atoms with Crippen molar-refractivity contribution in [3.8, 4) is 0 Å². The van der Waals surface area contributed by atoms with Crippen LogP contribution in [-0.4, -0.2) is 65.4 Å².